The van der Waals surface area contributed by atoms with Crippen LogP contribution in [0.5, 0.6) is 0 Å². The Morgan fingerprint density at radius 2 is 1.96 bits per heavy atom. The average molecular weight is 399 g/mol. The molecule has 0 unspecified atom stereocenters. The van der Waals surface area contributed by atoms with Crippen LogP contribution in [0, 0.1) is 0 Å². The Balaban J connectivity index is 1.49. The predicted molar refractivity (Wildman–Crippen MR) is 91.0 cm³/mol. The molecule has 1 saturated heterocycles. The first-order valence-electron chi connectivity index (χ1n) is 8.73. The number of amides is 1. The molecule has 2 heterocycles. The van der Waals surface area contributed by atoms with Gasteiger partial charge in [0.25, 0.3) is 0 Å². The van der Waals surface area contributed by atoms with E-state index in [2.05, 4.69) is 5.10 Å². The van der Waals surface area contributed by atoms with Crippen LogP contribution in [-0.2, 0) is 17.5 Å². The van der Waals surface area contributed by atoms with Crippen LogP contribution in [0.25, 0.3) is 0 Å². The van der Waals surface area contributed by atoms with E-state index in [0.717, 1.165) is 16.8 Å². The second kappa shape index (κ2) is 8.29. The molecule has 1 aromatic heterocycles. The SMILES string of the molecule is O=C(N1CCC(OCc2cccc(C(F)(F)F)c2)CC1)n1ccc(C(O)O)n1. The van der Waals surface area contributed by atoms with E-state index < -0.39 is 18.0 Å². The molecule has 3 rings (SSSR count). The van der Waals surface area contributed by atoms with Crippen LogP contribution in [0.2, 0.25) is 0 Å². The Hall–Kier alpha value is -2.43. The summed E-state index contributed by atoms with van der Waals surface area (Å²) >= 11 is 0. The lowest BCUT2D eigenvalue weighted by molar-refractivity contribution is -0.137. The minimum absolute atomic E-state index is 0.0207. The summed E-state index contributed by atoms with van der Waals surface area (Å²) in [4.78, 5) is 13.9. The fourth-order valence-electron chi connectivity index (χ4n) is 2.99. The van der Waals surface area contributed by atoms with E-state index in [4.69, 9.17) is 14.9 Å². The van der Waals surface area contributed by atoms with Crippen LogP contribution in [0.4, 0.5) is 18.0 Å². The summed E-state index contributed by atoms with van der Waals surface area (Å²) in [5, 5.41) is 21.9. The van der Waals surface area contributed by atoms with Gasteiger partial charge in [-0.25, -0.2) is 4.79 Å². The molecule has 0 radical (unpaired) electrons. The van der Waals surface area contributed by atoms with Gasteiger partial charge in [-0.1, -0.05) is 12.1 Å². The van der Waals surface area contributed by atoms with Crippen LogP contribution in [0.1, 0.15) is 36.0 Å². The Labute approximate surface area is 158 Å². The van der Waals surface area contributed by atoms with Crippen LogP contribution in [-0.4, -0.2) is 50.1 Å². The van der Waals surface area contributed by atoms with E-state index in [-0.39, 0.29) is 24.4 Å². The monoisotopic (exact) mass is 399 g/mol. The summed E-state index contributed by atoms with van der Waals surface area (Å²) in [6.45, 7) is 0.880. The number of hydrogen-bond acceptors (Lipinski definition) is 5. The largest absolute Gasteiger partial charge is 0.416 e. The summed E-state index contributed by atoms with van der Waals surface area (Å²) in [5.41, 5.74) is -0.284. The third-order valence-corrected chi connectivity index (χ3v) is 4.52. The molecule has 1 aromatic carbocycles. The number of ether oxygens (including phenoxy) is 1. The molecule has 1 aliphatic heterocycles. The van der Waals surface area contributed by atoms with Gasteiger partial charge in [0.2, 0.25) is 0 Å². The Bertz CT molecular complexity index is 814. The molecule has 1 amide bonds. The van der Waals surface area contributed by atoms with Gasteiger partial charge in [-0.3, -0.25) is 0 Å². The molecule has 28 heavy (non-hydrogen) atoms. The maximum absolute atomic E-state index is 12.8. The van der Waals surface area contributed by atoms with E-state index in [1.54, 1.807) is 11.0 Å². The molecule has 1 fully saturated rings. The van der Waals surface area contributed by atoms with E-state index in [1.165, 1.54) is 18.3 Å². The second-order valence-electron chi connectivity index (χ2n) is 6.54. The van der Waals surface area contributed by atoms with E-state index >= 15 is 0 Å². The number of benzene rings is 1. The number of nitrogens with zero attached hydrogens (tertiary/aromatic N) is 3. The zero-order chi connectivity index (χ0) is 20.3. The Kier molecular flexibility index (Phi) is 6.01. The summed E-state index contributed by atoms with van der Waals surface area (Å²) < 4.78 is 45.0. The minimum atomic E-state index is -4.39. The lowest BCUT2D eigenvalue weighted by atomic mass is 10.1. The zero-order valence-corrected chi connectivity index (χ0v) is 14.8. The summed E-state index contributed by atoms with van der Waals surface area (Å²) in [7, 11) is 0. The lowest BCUT2D eigenvalue weighted by Crippen LogP contribution is -2.43. The smallest absolute Gasteiger partial charge is 0.373 e. The van der Waals surface area contributed by atoms with Gasteiger partial charge in [-0.15, -0.1) is 0 Å². The van der Waals surface area contributed by atoms with Gasteiger partial charge < -0.3 is 19.8 Å². The molecule has 0 aliphatic carbocycles. The maximum atomic E-state index is 12.8. The number of carbonyl (C=O) groups is 1. The van der Waals surface area contributed by atoms with Gasteiger partial charge in [-0.2, -0.15) is 23.0 Å². The molecule has 0 spiro atoms. The predicted octanol–water partition coefficient (Wildman–Crippen LogP) is 2.53. The van der Waals surface area contributed by atoms with Gasteiger partial charge in [-0.05, 0) is 36.6 Å². The lowest BCUT2D eigenvalue weighted by Gasteiger charge is -2.31. The number of alkyl halides is 3. The highest BCUT2D eigenvalue weighted by Gasteiger charge is 2.30. The third-order valence-electron chi connectivity index (χ3n) is 4.52. The molecule has 0 atom stereocenters. The van der Waals surface area contributed by atoms with Crippen molar-refractivity contribution in [2.75, 3.05) is 13.1 Å². The first-order valence-corrected chi connectivity index (χ1v) is 8.73. The van der Waals surface area contributed by atoms with Crippen molar-refractivity contribution in [1.29, 1.82) is 0 Å². The van der Waals surface area contributed by atoms with Crippen molar-refractivity contribution in [3.8, 4) is 0 Å². The fraction of sp³-hybridized carbons (Fsp3) is 0.444. The molecule has 152 valence electrons. The number of likely N-dealkylation sites (tertiary alicyclic amines) is 1. The van der Waals surface area contributed by atoms with E-state index in [9.17, 15) is 18.0 Å². The topological polar surface area (TPSA) is 87.8 Å². The van der Waals surface area contributed by atoms with Gasteiger partial charge in [0, 0.05) is 19.3 Å². The van der Waals surface area contributed by atoms with Gasteiger partial charge in [0.1, 0.15) is 5.69 Å². The molecule has 2 aromatic rings. The van der Waals surface area contributed by atoms with Crippen LogP contribution in [0.15, 0.2) is 36.5 Å². The average Bonchev–Trinajstić information content (AvgIpc) is 3.16. The van der Waals surface area contributed by atoms with Crippen molar-refractivity contribution < 1.29 is 32.9 Å². The summed E-state index contributed by atoms with van der Waals surface area (Å²) in [6, 6.07) is 5.98. The van der Waals surface area contributed by atoms with E-state index in [0.29, 0.717) is 31.5 Å². The van der Waals surface area contributed by atoms with Crippen molar-refractivity contribution >= 4 is 6.03 Å². The highest BCUT2D eigenvalue weighted by molar-refractivity contribution is 5.76. The van der Waals surface area contributed by atoms with Crippen LogP contribution in [0.3, 0.4) is 0 Å². The number of carbonyl (C=O) groups excluding carboxylic acids is 1. The maximum Gasteiger partial charge on any atom is 0.416 e. The molecule has 0 saturated carbocycles. The zero-order valence-electron chi connectivity index (χ0n) is 14.8. The third kappa shape index (κ3) is 4.89. The highest BCUT2D eigenvalue weighted by atomic mass is 19.4. The number of aliphatic hydroxyl groups excluding tert-OH is 1. The number of hydrogen-bond donors (Lipinski definition) is 2. The Morgan fingerprint density at radius 1 is 1.25 bits per heavy atom. The Morgan fingerprint density at radius 3 is 2.57 bits per heavy atom. The first-order chi connectivity index (χ1) is 13.2. The molecule has 7 nitrogen and oxygen atoms in total. The second-order valence-corrected chi connectivity index (χ2v) is 6.54. The number of aliphatic hydroxyl groups is 2. The normalized spacial score (nSPS) is 16.0. The first kappa shape index (κ1) is 20.3. The molecule has 1 aliphatic rings. The van der Waals surface area contributed by atoms with Crippen molar-refractivity contribution in [3.63, 3.8) is 0 Å². The molecule has 2 N–H and O–H groups in total. The van der Waals surface area contributed by atoms with Crippen molar-refractivity contribution in [2.24, 2.45) is 0 Å². The van der Waals surface area contributed by atoms with Gasteiger partial charge in [0.15, 0.2) is 6.29 Å². The number of piperidine rings is 1. The van der Waals surface area contributed by atoms with Crippen molar-refractivity contribution in [1.82, 2.24) is 14.7 Å². The van der Waals surface area contributed by atoms with E-state index in [1.807, 2.05) is 0 Å². The van der Waals surface area contributed by atoms with Crippen molar-refractivity contribution in [2.45, 2.75) is 38.0 Å². The molecular formula is C18H20F3N3O4. The molecular weight excluding hydrogens is 379 g/mol. The summed E-state index contributed by atoms with van der Waals surface area (Å²) in [5.74, 6) is 0. The van der Waals surface area contributed by atoms with Crippen LogP contribution < -0.4 is 0 Å². The molecule has 10 heteroatoms. The fourth-order valence-corrected chi connectivity index (χ4v) is 2.99. The molecule has 0 bridgehead atoms. The standard InChI is InChI=1S/C18H20F3N3O4/c19-18(20,21)13-3-1-2-12(10-13)11-28-14-4-7-23(8-5-14)17(27)24-9-6-15(22-24)16(25)26/h1-3,6,9-10,14,16,25-26H,4-5,7-8,11H2. The summed E-state index contributed by atoms with van der Waals surface area (Å²) in [6.07, 6.45) is -3.86. The number of rotatable bonds is 4. The van der Waals surface area contributed by atoms with Crippen molar-refractivity contribution in [3.05, 3.63) is 53.3 Å². The minimum Gasteiger partial charge on any atom is -0.373 e. The quantitative estimate of drug-likeness (QED) is 0.772. The highest BCUT2D eigenvalue weighted by Crippen LogP contribution is 2.30. The van der Waals surface area contributed by atoms with Crippen LogP contribution >= 0.6 is 0 Å². The number of halogens is 3. The van der Waals surface area contributed by atoms with Gasteiger partial charge in [0.05, 0.1) is 18.3 Å². The number of aromatic nitrogens is 2. The van der Waals surface area contributed by atoms with Gasteiger partial charge >= 0.3 is 12.2 Å².